The molecule has 13 heteroatoms. The van der Waals surface area contributed by atoms with Gasteiger partial charge < -0.3 is 39.9 Å². The lowest BCUT2D eigenvalue weighted by Gasteiger charge is -2.41. The monoisotopic (exact) mass is 917 g/mol. The Balaban J connectivity index is 2.48. The van der Waals surface area contributed by atoms with Crippen LogP contribution in [-0.4, -0.2) is 98.9 Å². The minimum Gasteiger partial charge on any atom is -0.457 e. The number of aliphatic hydroxyl groups excluding tert-OH is 5. The van der Waals surface area contributed by atoms with E-state index in [4.69, 9.17) is 18.5 Å². The van der Waals surface area contributed by atoms with Crippen LogP contribution in [-0.2, 0) is 27.9 Å². The fraction of sp³-hybridized carbons (Fsp3) is 0.588. The molecule has 64 heavy (non-hydrogen) atoms. The zero-order valence-electron chi connectivity index (χ0n) is 38.5. The van der Waals surface area contributed by atoms with Crippen LogP contribution in [0.15, 0.2) is 122 Å². The Kier molecular flexibility index (Phi) is 36.8. The van der Waals surface area contributed by atoms with Crippen LogP contribution in [0.5, 0.6) is 0 Å². The van der Waals surface area contributed by atoms with E-state index in [1.54, 1.807) is 0 Å². The summed E-state index contributed by atoms with van der Waals surface area (Å²) in [5.74, 6) is -0.530. The summed E-state index contributed by atoms with van der Waals surface area (Å²) in [4.78, 5) is 23.2. The molecule has 0 heterocycles. The van der Waals surface area contributed by atoms with Gasteiger partial charge in [-0.05, 0) is 103 Å². The Hall–Kier alpha value is -3.26. The number of hydrogen-bond acceptors (Lipinski definition) is 11. The molecule has 362 valence electrons. The van der Waals surface area contributed by atoms with Crippen molar-refractivity contribution < 1.29 is 58.3 Å². The van der Waals surface area contributed by atoms with E-state index in [9.17, 15) is 39.8 Å². The number of unbranched alkanes of at least 4 members (excludes halogenated alkanes) is 5. The van der Waals surface area contributed by atoms with E-state index in [0.717, 1.165) is 103 Å². The molecule has 1 aliphatic rings. The standard InChI is InChI=1S/C51H81O12P/c1-3-5-7-9-11-13-15-17-19-21-23-24-26-28-30-32-34-36-38-40-45(52)62-44(43-61-64(58,59)63-51-49(56)47(54)46(53)48(55)50(51)57)42-60-41-39-37-35-33-31-29-27-25-22-20-18-16-14-12-10-8-6-4-2/h5-8,11-14,17-20,23-25,27-28,30-31,33,44,46-51,53-57H,3-4,9-10,15-16,21-22,26,29,32,34-43H2,1-2H3,(H,58,59)/b7-5-,8-6-,13-11-,14-12-,19-17-,20-18-,24-23-,27-25-,30-28-,33-31-. The number of phosphoric ester groups is 1. The first kappa shape index (κ1) is 58.8. The van der Waals surface area contributed by atoms with Crippen molar-refractivity contribution in [3.8, 4) is 0 Å². The Morgan fingerprint density at radius 2 is 0.875 bits per heavy atom. The molecule has 6 atom stereocenters. The third-order valence-corrected chi connectivity index (χ3v) is 10.8. The van der Waals surface area contributed by atoms with Gasteiger partial charge in [-0.2, -0.15) is 0 Å². The largest absolute Gasteiger partial charge is 0.472 e. The van der Waals surface area contributed by atoms with Gasteiger partial charge >= 0.3 is 13.8 Å². The summed E-state index contributed by atoms with van der Waals surface area (Å²) >= 11 is 0. The van der Waals surface area contributed by atoms with Crippen molar-refractivity contribution in [2.24, 2.45) is 0 Å². The Labute approximate surface area is 384 Å². The van der Waals surface area contributed by atoms with Crippen LogP contribution >= 0.6 is 7.82 Å². The van der Waals surface area contributed by atoms with E-state index in [1.807, 2.05) is 0 Å². The summed E-state index contributed by atoms with van der Waals surface area (Å²) in [7, 11) is -5.05. The van der Waals surface area contributed by atoms with E-state index >= 15 is 0 Å². The third kappa shape index (κ3) is 31.6. The third-order valence-electron chi connectivity index (χ3n) is 9.83. The zero-order valence-corrected chi connectivity index (χ0v) is 39.4. The Bertz CT molecular complexity index is 1510. The first-order chi connectivity index (χ1) is 31.0. The highest BCUT2D eigenvalue weighted by molar-refractivity contribution is 7.47. The van der Waals surface area contributed by atoms with E-state index < -0.39 is 63.1 Å². The van der Waals surface area contributed by atoms with Crippen molar-refractivity contribution in [1.29, 1.82) is 0 Å². The summed E-state index contributed by atoms with van der Waals surface area (Å²) in [5.41, 5.74) is 0. The maximum absolute atomic E-state index is 12.8. The molecule has 0 aromatic carbocycles. The number of carbonyl (C=O) groups excluding carboxylic acids is 1. The number of carbonyl (C=O) groups is 1. The summed E-state index contributed by atoms with van der Waals surface area (Å²) in [5, 5.41) is 50.2. The Morgan fingerprint density at radius 1 is 0.500 bits per heavy atom. The average molecular weight is 917 g/mol. The molecule has 1 saturated carbocycles. The van der Waals surface area contributed by atoms with Gasteiger partial charge in [-0.3, -0.25) is 13.8 Å². The molecule has 0 aromatic rings. The van der Waals surface area contributed by atoms with E-state index in [0.29, 0.717) is 13.0 Å². The topological polar surface area (TPSA) is 192 Å². The molecule has 1 aliphatic carbocycles. The van der Waals surface area contributed by atoms with E-state index in [-0.39, 0.29) is 13.0 Å². The molecule has 0 amide bonds. The molecule has 0 saturated heterocycles. The number of hydrogen-bond donors (Lipinski definition) is 6. The summed E-state index contributed by atoms with van der Waals surface area (Å²) in [6.07, 6.45) is 45.5. The SMILES string of the molecule is CC/C=C\C/C=C\C/C=C\C/C=C\C/C=C\CCCCCC(=O)OC(COCCCC/C=C\C/C=C\C/C=C\C/C=C\C/C=C\CC)COP(=O)(O)OC1C(O)C(O)C(O)C(O)C1O. The molecule has 1 rings (SSSR count). The number of aliphatic hydroxyl groups is 5. The van der Waals surface area contributed by atoms with Crippen molar-refractivity contribution in [2.45, 2.75) is 172 Å². The highest BCUT2D eigenvalue weighted by Gasteiger charge is 2.51. The fourth-order valence-electron chi connectivity index (χ4n) is 6.17. The van der Waals surface area contributed by atoms with E-state index in [1.165, 1.54) is 0 Å². The number of ether oxygens (including phenoxy) is 2. The lowest BCUT2D eigenvalue weighted by molar-refractivity contribution is -0.220. The van der Waals surface area contributed by atoms with Gasteiger partial charge in [-0.1, -0.05) is 142 Å². The van der Waals surface area contributed by atoms with Crippen molar-refractivity contribution in [3.05, 3.63) is 122 Å². The van der Waals surface area contributed by atoms with Gasteiger partial charge in [0.05, 0.1) is 13.2 Å². The van der Waals surface area contributed by atoms with Gasteiger partial charge in [0.25, 0.3) is 0 Å². The molecule has 0 aromatic heterocycles. The molecule has 0 radical (unpaired) electrons. The normalized spacial score (nSPS) is 22.8. The molecular weight excluding hydrogens is 836 g/mol. The van der Waals surface area contributed by atoms with Crippen LogP contribution in [0.25, 0.3) is 0 Å². The first-order valence-corrected chi connectivity index (χ1v) is 24.9. The van der Waals surface area contributed by atoms with Crippen LogP contribution in [0.3, 0.4) is 0 Å². The number of phosphoric acid groups is 1. The molecule has 1 fully saturated rings. The summed E-state index contributed by atoms with van der Waals surface area (Å²) in [6, 6.07) is 0. The molecule has 12 nitrogen and oxygen atoms in total. The second-order valence-corrected chi connectivity index (χ2v) is 16.9. The van der Waals surface area contributed by atoms with Crippen LogP contribution in [0, 0.1) is 0 Å². The quantitative estimate of drug-likeness (QED) is 0.0150. The van der Waals surface area contributed by atoms with Crippen molar-refractivity contribution in [1.82, 2.24) is 0 Å². The lowest BCUT2D eigenvalue weighted by atomic mass is 9.85. The number of allylic oxidation sites excluding steroid dienone is 20. The molecule has 6 N–H and O–H groups in total. The lowest BCUT2D eigenvalue weighted by Crippen LogP contribution is -2.64. The van der Waals surface area contributed by atoms with Gasteiger partial charge in [-0.15, -0.1) is 0 Å². The Morgan fingerprint density at radius 3 is 1.30 bits per heavy atom. The molecule has 0 aliphatic heterocycles. The number of rotatable bonds is 37. The average Bonchev–Trinajstić information content (AvgIpc) is 3.28. The smallest absolute Gasteiger partial charge is 0.457 e. The minimum atomic E-state index is -5.05. The highest BCUT2D eigenvalue weighted by Crippen LogP contribution is 2.47. The van der Waals surface area contributed by atoms with E-state index in [2.05, 4.69) is 135 Å². The zero-order chi connectivity index (χ0) is 46.9. The van der Waals surface area contributed by atoms with Crippen LogP contribution in [0.1, 0.15) is 129 Å². The predicted molar refractivity (Wildman–Crippen MR) is 257 cm³/mol. The van der Waals surface area contributed by atoms with Crippen LogP contribution in [0.4, 0.5) is 0 Å². The highest BCUT2D eigenvalue weighted by atomic mass is 31.2. The predicted octanol–water partition coefficient (Wildman–Crippen LogP) is 9.86. The summed E-state index contributed by atoms with van der Waals surface area (Å²) < 4.78 is 34.1. The maximum Gasteiger partial charge on any atom is 0.472 e. The van der Waals surface area contributed by atoms with Gasteiger partial charge in [0.2, 0.25) is 0 Å². The van der Waals surface area contributed by atoms with Crippen molar-refractivity contribution >= 4 is 13.8 Å². The number of esters is 1. The molecular formula is C51H81O12P. The van der Waals surface area contributed by atoms with Crippen LogP contribution in [0.2, 0.25) is 0 Å². The molecule has 6 unspecified atom stereocenters. The van der Waals surface area contributed by atoms with Gasteiger partial charge in [0, 0.05) is 13.0 Å². The van der Waals surface area contributed by atoms with Crippen molar-refractivity contribution in [2.75, 3.05) is 19.8 Å². The second kappa shape index (κ2) is 40.1. The van der Waals surface area contributed by atoms with Crippen molar-refractivity contribution in [3.63, 3.8) is 0 Å². The van der Waals surface area contributed by atoms with Gasteiger partial charge in [-0.25, -0.2) is 4.57 Å². The second-order valence-electron chi connectivity index (χ2n) is 15.5. The summed E-state index contributed by atoms with van der Waals surface area (Å²) in [6.45, 7) is 3.86. The maximum atomic E-state index is 12.8. The fourth-order valence-corrected chi connectivity index (χ4v) is 7.14. The van der Waals surface area contributed by atoms with Gasteiger partial charge in [0.1, 0.15) is 42.7 Å². The first-order valence-electron chi connectivity index (χ1n) is 23.4. The molecule has 0 spiro atoms. The minimum absolute atomic E-state index is 0.126. The van der Waals surface area contributed by atoms with Gasteiger partial charge in [0.15, 0.2) is 0 Å². The van der Waals surface area contributed by atoms with Crippen LogP contribution < -0.4 is 0 Å². The molecule has 0 bridgehead atoms.